The van der Waals surface area contributed by atoms with E-state index in [1.54, 1.807) is 12.4 Å². The molecule has 0 aliphatic rings. The van der Waals surface area contributed by atoms with Crippen molar-refractivity contribution < 1.29 is 4.74 Å². The summed E-state index contributed by atoms with van der Waals surface area (Å²) in [5.74, 6) is 0.869. The molecule has 5 heteroatoms. The van der Waals surface area contributed by atoms with Crippen LogP contribution in [0.25, 0.3) is 10.9 Å². The molecule has 0 saturated carbocycles. The molecule has 4 nitrogen and oxygen atoms in total. The predicted octanol–water partition coefficient (Wildman–Crippen LogP) is 4.91. The van der Waals surface area contributed by atoms with Crippen LogP contribution in [0, 0.1) is 0 Å². The van der Waals surface area contributed by atoms with E-state index in [1.165, 1.54) is 0 Å². The fraction of sp³-hybridized carbons (Fsp3) is 0.0500. The Morgan fingerprint density at radius 2 is 1.72 bits per heavy atom. The molecule has 0 bridgehead atoms. The largest absolute Gasteiger partial charge is 0.489 e. The molecule has 0 radical (unpaired) electrons. The van der Waals surface area contributed by atoms with Gasteiger partial charge in [0.2, 0.25) is 0 Å². The third-order valence-corrected chi connectivity index (χ3v) is 3.84. The molecule has 4 aromatic rings. The third-order valence-electron chi connectivity index (χ3n) is 3.84. The molecule has 2 aromatic heterocycles. The SMILES string of the molecule is Cl.c1ccc(COc2ccc3c(ccn3Nc3ccncc3)c2)cc1. The number of pyridine rings is 1. The van der Waals surface area contributed by atoms with Crippen LogP contribution >= 0.6 is 12.4 Å². The molecule has 0 aliphatic carbocycles. The Bertz CT molecular complexity index is 939. The van der Waals surface area contributed by atoms with Gasteiger partial charge in [-0.2, -0.15) is 0 Å². The second-order valence-corrected chi connectivity index (χ2v) is 5.53. The molecule has 0 fully saturated rings. The summed E-state index contributed by atoms with van der Waals surface area (Å²) in [6.07, 6.45) is 5.54. The summed E-state index contributed by atoms with van der Waals surface area (Å²) in [5.41, 5.74) is 6.59. The van der Waals surface area contributed by atoms with Crippen molar-refractivity contribution in [1.82, 2.24) is 9.66 Å². The lowest BCUT2D eigenvalue weighted by Gasteiger charge is -2.10. The van der Waals surface area contributed by atoms with Gasteiger partial charge in [-0.05, 0) is 42.0 Å². The van der Waals surface area contributed by atoms with E-state index in [9.17, 15) is 0 Å². The van der Waals surface area contributed by atoms with Crippen molar-refractivity contribution in [3.8, 4) is 5.75 Å². The number of hydrogen-bond acceptors (Lipinski definition) is 3. The highest BCUT2D eigenvalue weighted by Gasteiger charge is 2.04. The van der Waals surface area contributed by atoms with Gasteiger partial charge >= 0.3 is 0 Å². The smallest absolute Gasteiger partial charge is 0.120 e. The summed E-state index contributed by atoms with van der Waals surface area (Å²) in [5, 5.41) is 1.13. The van der Waals surface area contributed by atoms with Crippen LogP contribution in [0.3, 0.4) is 0 Å². The van der Waals surface area contributed by atoms with E-state index in [1.807, 2.05) is 47.3 Å². The Balaban J connectivity index is 0.00000182. The molecule has 0 atom stereocenters. The van der Waals surface area contributed by atoms with Crippen molar-refractivity contribution in [2.24, 2.45) is 0 Å². The molecule has 0 unspecified atom stereocenters. The topological polar surface area (TPSA) is 39.1 Å². The van der Waals surface area contributed by atoms with Crippen LogP contribution in [0.5, 0.6) is 5.75 Å². The summed E-state index contributed by atoms with van der Waals surface area (Å²) < 4.78 is 7.88. The Morgan fingerprint density at radius 3 is 2.52 bits per heavy atom. The van der Waals surface area contributed by atoms with Gasteiger partial charge in [0, 0.05) is 24.0 Å². The number of nitrogens with one attached hydrogen (secondary N) is 1. The fourth-order valence-corrected chi connectivity index (χ4v) is 2.61. The number of hydrogen-bond donors (Lipinski definition) is 1. The number of halogens is 1. The molecule has 1 N–H and O–H groups in total. The van der Waals surface area contributed by atoms with Gasteiger partial charge in [0.1, 0.15) is 12.4 Å². The van der Waals surface area contributed by atoms with E-state index in [0.29, 0.717) is 6.61 Å². The quantitative estimate of drug-likeness (QED) is 0.555. The van der Waals surface area contributed by atoms with Crippen LogP contribution in [-0.4, -0.2) is 9.66 Å². The van der Waals surface area contributed by atoms with Crippen molar-refractivity contribution >= 4 is 29.0 Å². The van der Waals surface area contributed by atoms with Crippen LogP contribution in [0.2, 0.25) is 0 Å². The lowest BCUT2D eigenvalue weighted by Crippen LogP contribution is -2.06. The number of aromatic nitrogens is 2. The van der Waals surface area contributed by atoms with Crippen LogP contribution < -0.4 is 10.2 Å². The zero-order valence-corrected chi connectivity index (χ0v) is 14.3. The minimum Gasteiger partial charge on any atom is -0.489 e. The Morgan fingerprint density at radius 1 is 0.920 bits per heavy atom. The maximum atomic E-state index is 5.89. The van der Waals surface area contributed by atoms with Crippen molar-refractivity contribution in [2.75, 3.05) is 5.43 Å². The minimum absolute atomic E-state index is 0. The van der Waals surface area contributed by atoms with Crippen LogP contribution in [0.1, 0.15) is 5.56 Å². The maximum absolute atomic E-state index is 5.89. The van der Waals surface area contributed by atoms with E-state index in [2.05, 4.69) is 40.7 Å². The van der Waals surface area contributed by atoms with E-state index in [0.717, 1.165) is 27.9 Å². The van der Waals surface area contributed by atoms with Crippen LogP contribution in [0.15, 0.2) is 85.3 Å². The van der Waals surface area contributed by atoms with Gasteiger partial charge in [-0.1, -0.05) is 30.3 Å². The average molecular weight is 352 g/mol. The molecule has 0 aliphatic heterocycles. The highest BCUT2D eigenvalue weighted by molar-refractivity contribution is 5.85. The Labute approximate surface area is 152 Å². The van der Waals surface area contributed by atoms with Gasteiger partial charge in [-0.3, -0.25) is 15.1 Å². The van der Waals surface area contributed by atoms with Crippen molar-refractivity contribution in [1.29, 1.82) is 0 Å². The minimum atomic E-state index is 0. The van der Waals surface area contributed by atoms with Gasteiger partial charge < -0.3 is 4.74 Å². The first-order chi connectivity index (χ1) is 11.9. The number of ether oxygens (including phenoxy) is 1. The Hall–Kier alpha value is -2.98. The molecule has 0 saturated heterocycles. The summed E-state index contributed by atoms with van der Waals surface area (Å²) in [7, 11) is 0. The monoisotopic (exact) mass is 351 g/mol. The van der Waals surface area contributed by atoms with Gasteiger partial charge in [0.15, 0.2) is 0 Å². The molecule has 2 aromatic carbocycles. The second kappa shape index (κ2) is 7.73. The van der Waals surface area contributed by atoms with E-state index in [4.69, 9.17) is 4.74 Å². The molecule has 126 valence electrons. The van der Waals surface area contributed by atoms with Crippen LogP contribution in [-0.2, 0) is 6.61 Å². The predicted molar refractivity (Wildman–Crippen MR) is 103 cm³/mol. The van der Waals surface area contributed by atoms with Gasteiger partial charge in [-0.15, -0.1) is 12.4 Å². The standard InChI is InChI=1S/C20H17N3O.ClH/c1-2-4-16(5-3-1)15-24-19-6-7-20-17(14-19)10-13-23(20)22-18-8-11-21-12-9-18;/h1-14H,15H2,(H,21,22);1H. The Kier molecular flexibility index (Phi) is 5.21. The fourth-order valence-electron chi connectivity index (χ4n) is 2.61. The number of fused-ring (bicyclic) bond motifs is 1. The first kappa shape index (κ1) is 16.9. The lowest BCUT2D eigenvalue weighted by atomic mass is 10.2. The molecule has 0 spiro atoms. The number of benzene rings is 2. The summed E-state index contributed by atoms with van der Waals surface area (Å²) in [6, 6.07) is 22.2. The lowest BCUT2D eigenvalue weighted by molar-refractivity contribution is 0.306. The highest BCUT2D eigenvalue weighted by Crippen LogP contribution is 2.23. The first-order valence-electron chi connectivity index (χ1n) is 7.83. The van der Waals surface area contributed by atoms with E-state index >= 15 is 0 Å². The van der Waals surface area contributed by atoms with Crippen molar-refractivity contribution in [3.05, 3.63) is 90.9 Å². The van der Waals surface area contributed by atoms with Crippen molar-refractivity contribution in [3.63, 3.8) is 0 Å². The zero-order valence-electron chi connectivity index (χ0n) is 13.5. The highest BCUT2D eigenvalue weighted by atomic mass is 35.5. The van der Waals surface area contributed by atoms with Gasteiger partial charge in [0.05, 0.1) is 11.2 Å². The average Bonchev–Trinajstić information content (AvgIpc) is 3.04. The van der Waals surface area contributed by atoms with E-state index in [-0.39, 0.29) is 12.4 Å². The molecule has 25 heavy (non-hydrogen) atoms. The third kappa shape index (κ3) is 3.92. The molecular weight excluding hydrogens is 334 g/mol. The first-order valence-corrected chi connectivity index (χ1v) is 7.83. The normalized spacial score (nSPS) is 10.2. The molecule has 0 amide bonds. The maximum Gasteiger partial charge on any atom is 0.120 e. The molecule has 4 rings (SSSR count). The molecular formula is C20H18ClN3O. The van der Waals surface area contributed by atoms with Crippen LogP contribution in [0.4, 0.5) is 5.69 Å². The summed E-state index contributed by atoms with van der Waals surface area (Å²) in [4.78, 5) is 4.03. The second-order valence-electron chi connectivity index (χ2n) is 5.53. The number of rotatable bonds is 5. The summed E-state index contributed by atoms with van der Waals surface area (Å²) in [6.45, 7) is 0.572. The van der Waals surface area contributed by atoms with E-state index < -0.39 is 0 Å². The van der Waals surface area contributed by atoms with Gasteiger partial charge in [0.25, 0.3) is 0 Å². The number of anilines is 1. The summed E-state index contributed by atoms with van der Waals surface area (Å²) >= 11 is 0. The molecule has 2 heterocycles. The van der Waals surface area contributed by atoms with Gasteiger partial charge in [-0.25, -0.2) is 0 Å². The number of nitrogens with zero attached hydrogens (tertiary/aromatic N) is 2. The zero-order chi connectivity index (χ0) is 16.2. The van der Waals surface area contributed by atoms with Crippen molar-refractivity contribution in [2.45, 2.75) is 6.61 Å².